The van der Waals surface area contributed by atoms with E-state index < -0.39 is 17.9 Å². The first kappa shape index (κ1) is 27.5. The molecule has 0 atom stereocenters. The Hall–Kier alpha value is -3.02. The van der Waals surface area contributed by atoms with E-state index in [1.165, 1.54) is 0 Å². The van der Waals surface area contributed by atoms with Crippen molar-refractivity contribution in [2.45, 2.75) is 114 Å². The lowest BCUT2D eigenvalue weighted by Gasteiger charge is -2.34. The van der Waals surface area contributed by atoms with Gasteiger partial charge in [0.1, 0.15) is 11.5 Å². The summed E-state index contributed by atoms with van der Waals surface area (Å²) in [6, 6.07) is 6.43. The van der Waals surface area contributed by atoms with Crippen LogP contribution in [0.3, 0.4) is 0 Å². The molecular formula is C33H42O6. The summed E-state index contributed by atoms with van der Waals surface area (Å²) in [6.07, 6.45) is 15.1. The first-order chi connectivity index (χ1) is 18.8. The second-order valence-electron chi connectivity index (χ2n) is 12.2. The van der Waals surface area contributed by atoms with Crippen LogP contribution < -0.4 is 0 Å². The topological polar surface area (TPSA) is 115 Å². The molecule has 5 rings (SSSR count). The fourth-order valence-corrected chi connectivity index (χ4v) is 7.67. The molecule has 210 valence electrons. The van der Waals surface area contributed by atoms with Crippen LogP contribution in [0.1, 0.15) is 157 Å². The van der Waals surface area contributed by atoms with Crippen LogP contribution >= 0.6 is 0 Å². The highest BCUT2D eigenvalue weighted by molar-refractivity contribution is 5.90. The average Bonchev–Trinajstić information content (AvgIpc) is 2.96. The van der Waals surface area contributed by atoms with Crippen LogP contribution in [0, 0.1) is 5.92 Å². The predicted molar refractivity (Wildman–Crippen MR) is 150 cm³/mol. The maximum atomic E-state index is 12.3. The summed E-state index contributed by atoms with van der Waals surface area (Å²) in [5, 5.41) is 43.7. The maximum Gasteiger partial charge on any atom is 0.335 e. The molecule has 4 N–H and O–H groups in total. The molecule has 0 aliphatic heterocycles. The summed E-state index contributed by atoms with van der Waals surface area (Å²) in [6.45, 7) is 0. The smallest absolute Gasteiger partial charge is 0.335 e. The lowest BCUT2D eigenvalue weighted by Crippen LogP contribution is -2.20. The Morgan fingerprint density at radius 2 is 0.923 bits per heavy atom. The van der Waals surface area contributed by atoms with Gasteiger partial charge < -0.3 is 20.4 Å². The molecule has 0 bridgehead atoms. The second kappa shape index (κ2) is 12.0. The molecule has 3 fully saturated rings. The Labute approximate surface area is 231 Å². The lowest BCUT2D eigenvalue weighted by atomic mass is 9.70. The number of phenols is 2. The first-order valence-electron chi connectivity index (χ1n) is 15.0. The number of phenolic OH excluding ortho intramolecular Hbond substituents is 2. The van der Waals surface area contributed by atoms with E-state index in [4.69, 9.17) is 0 Å². The van der Waals surface area contributed by atoms with Crippen molar-refractivity contribution < 1.29 is 30.0 Å². The third-order valence-corrected chi connectivity index (χ3v) is 9.71. The summed E-state index contributed by atoms with van der Waals surface area (Å²) in [7, 11) is 0. The van der Waals surface area contributed by atoms with E-state index >= 15 is 0 Å². The van der Waals surface area contributed by atoms with Gasteiger partial charge in [0.2, 0.25) is 0 Å². The molecule has 0 radical (unpaired) electrons. The van der Waals surface area contributed by atoms with Gasteiger partial charge >= 0.3 is 11.9 Å². The minimum Gasteiger partial charge on any atom is -0.507 e. The van der Waals surface area contributed by atoms with E-state index in [-0.39, 0.29) is 40.4 Å². The molecule has 3 aliphatic carbocycles. The Morgan fingerprint density at radius 1 is 0.564 bits per heavy atom. The van der Waals surface area contributed by atoms with E-state index in [1.54, 1.807) is 24.3 Å². The van der Waals surface area contributed by atoms with Gasteiger partial charge in [-0.2, -0.15) is 0 Å². The molecule has 2 aromatic carbocycles. The molecule has 3 aliphatic rings. The number of aromatic hydroxyl groups is 2. The molecule has 6 nitrogen and oxygen atoms in total. The molecular weight excluding hydrogens is 492 g/mol. The average molecular weight is 535 g/mol. The SMILES string of the molecule is O=C(O)c1cc(C2CCCCC2)c(O)c(C(c2cc(C(=O)O)cc(C3CCCCC3)c2O)C2CCCCC2)c1. The molecule has 0 amide bonds. The summed E-state index contributed by atoms with van der Waals surface area (Å²) in [5.41, 5.74) is 2.71. The van der Waals surface area contributed by atoms with Crippen molar-refractivity contribution in [1.82, 2.24) is 0 Å². The number of hydrogen-bond donors (Lipinski definition) is 4. The summed E-state index contributed by atoms with van der Waals surface area (Å²) in [4.78, 5) is 24.6. The minimum atomic E-state index is -1.04. The number of carbonyl (C=O) groups is 2. The van der Waals surface area contributed by atoms with E-state index in [1.807, 2.05) is 0 Å². The minimum absolute atomic E-state index is 0.0713. The highest BCUT2D eigenvalue weighted by Crippen LogP contribution is 2.51. The van der Waals surface area contributed by atoms with Gasteiger partial charge in [0.05, 0.1) is 11.1 Å². The quantitative estimate of drug-likeness (QED) is 0.284. The van der Waals surface area contributed by atoms with E-state index in [0.717, 1.165) is 96.3 Å². The van der Waals surface area contributed by atoms with Gasteiger partial charge in [0, 0.05) is 17.0 Å². The molecule has 0 saturated heterocycles. The zero-order valence-corrected chi connectivity index (χ0v) is 22.8. The third-order valence-electron chi connectivity index (χ3n) is 9.71. The van der Waals surface area contributed by atoms with Crippen molar-refractivity contribution >= 4 is 11.9 Å². The standard InChI is InChI=1S/C33H42O6/c34-30-25(20-10-4-1-5-11-20)16-23(32(36)37)18-27(30)29(22-14-8-3-9-15-22)28-19-24(33(38)39)17-26(31(28)35)21-12-6-2-7-13-21/h16-22,29,34-35H,1-15H2,(H,36,37)(H,38,39). The molecule has 0 heterocycles. The fraction of sp³-hybridized carbons (Fsp3) is 0.576. The normalized spacial score (nSPS) is 19.8. The largest absolute Gasteiger partial charge is 0.507 e. The van der Waals surface area contributed by atoms with Crippen LogP contribution in [0.2, 0.25) is 0 Å². The highest BCUT2D eigenvalue weighted by atomic mass is 16.4. The zero-order chi connectivity index (χ0) is 27.5. The molecule has 6 heteroatoms. The van der Waals surface area contributed by atoms with Gasteiger partial charge in [-0.05, 0) is 91.7 Å². The highest BCUT2D eigenvalue weighted by Gasteiger charge is 2.35. The predicted octanol–water partition coefficient (Wildman–Crippen LogP) is 8.30. The molecule has 0 spiro atoms. The fourth-order valence-electron chi connectivity index (χ4n) is 7.67. The number of aromatic carboxylic acids is 2. The molecule has 2 aromatic rings. The third kappa shape index (κ3) is 5.80. The second-order valence-corrected chi connectivity index (χ2v) is 12.2. The van der Waals surface area contributed by atoms with E-state index in [2.05, 4.69) is 0 Å². The molecule has 0 aromatic heterocycles. The Kier molecular flexibility index (Phi) is 8.49. The summed E-state index contributed by atoms with van der Waals surface area (Å²) < 4.78 is 0. The number of carboxylic acid groups (broad SMARTS) is 2. The van der Waals surface area contributed by atoms with Crippen LogP contribution in [0.4, 0.5) is 0 Å². The molecule has 39 heavy (non-hydrogen) atoms. The molecule has 3 saturated carbocycles. The maximum absolute atomic E-state index is 12.3. The van der Waals surface area contributed by atoms with Crippen LogP contribution in [-0.2, 0) is 0 Å². The number of carboxylic acids is 2. The monoisotopic (exact) mass is 534 g/mol. The van der Waals surface area contributed by atoms with Crippen LogP contribution in [0.15, 0.2) is 24.3 Å². The first-order valence-corrected chi connectivity index (χ1v) is 15.0. The Morgan fingerprint density at radius 3 is 1.28 bits per heavy atom. The van der Waals surface area contributed by atoms with Crippen molar-refractivity contribution in [1.29, 1.82) is 0 Å². The van der Waals surface area contributed by atoms with Gasteiger partial charge in [-0.25, -0.2) is 9.59 Å². The zero-order valence-electron chi connectivity index (χ0n) is 22.8. The lowest BCUT2D eigenvalue weighted by molar-refractivity contribution is 0.0686. The Balaban J connectivity index is 1.72. The van der Waals surface area contributed by atoms with Crippen LogP contribution in [-0.4, -0.2) is 32.4 Å². The molecule has 0 unspecified atom stereocenters. The van der Waals surface area contributed by atoms with Gasteiger partial charge in [-0.1, -0.05) is 57.8 Å². The van der Waals surface area contributed by atoms with Crippen molar-refractivity contribution in [2.24, 2.45) is 5.92 Å². The van der Waals surface area contributed by atoms with Crippen LogP contribution in [0.25, 0.3) is 0 Å². The van der Waals surface area contributed by atoms with Gasteiger partial charge in [-0.3, -0.25) is 0 Å². The summed E-state index contributed by atoms with van der Waals surface area (Å²) in [5.74, 6) is -2.04. The van der Waals surface area contributed by atoms with Crippen molar-refractivity contribution in [3.63, 3.8) is 0 Å². The van der Waals surface area contributed by atoms with Gasteiger partial charge in [0.25, 0.3) is 0 Å². The van der Waals surface area contributed by atoms with Gasteiger partial charge in [-0.15, -0.1) is 0 Å². The van der Waals surface area contributed by atoms with Crippen molar-refractivity contribution in [3.05, 3.63) is 57.6 Å². The number of benzene rings is 2. The van der Waals surface area contributed by atoms with Gasteiger partial charge in [0.15, 0.2) is 0 Å². The van der Waals surface area contributed by atoms with E-state index in [9.17, 15) is 30.0 Å². The number of hydrogen-bond acceptors (Lipinski definition) is 4. The van der Waals surface area contributed by atoms with Crippen molar-refractivity contribution in [3.8, 4) is 11.5 Å². The Bertz CT molecular complexity index is 1110. The van der Waals surface area contributed by atoms with Crippen molar-refractivity contribution in [2.75, 3.05) is 0 Å². The number of rotatable bonds is 7. The summed E-state index contributed by atoms with van der Waals surface area (Å²) >= 11 is 0. The van der Waals surface area contributed by atoms with Crippen LogP contribution in [0.5, 0.6) is 11.5 Å². The van der Waals surface area contributed by atoms with E-state index in [0.29, 0.717) is 22.3 Å².